The molecule has 7 heteroatoms. The summed E-state index contributed by atoms with van der Waals surface area (Å²) in [5, 5.41) is 5.82. The lowest BCUT2D eigenvalue weighted by atomic mass is 10.1. The molecule has 144 valence electrons. The predicted molar refractivity (Wildman–Crippen MR) is 99.1 cm³/mol. The molecule has 7 nitrogen and oxygen atoms in total. The van der Waals surface area contributed by atoms with E-state index in [1.54, 1.807) is 0 Å². The molecule has 2 aromatic rings. The lowest BCUT2D eigenvalue weighted by molar-refractivity contribution is -0.153. The number of amides is 3. The highest BCUT2D eigenvalue weighted by atomic mass is 16.5. The topological polar surface area (TPSA) is 97.6 Å². The van der Waals surface area contributed by atoms with Crippen LogP contribution in [0.25, 0.3) is 11.0 Å². The number of benzene rings is 1. The molecule has 1 saturated carbocycles. The Bertz CT molecular complexity index is 851. The van der Waals surface area contributed by atoms with Crippen LogP contribution in [0.1, 0.15) is 43.7 Å². The molecular weight excluding hydrogens is 348 g/mol. The van der Waals surface area contributed by atoms with Gasteiger partial charge in [-0.1, -0.05) is 25.0 Å². The van der Waals surface area contributed by atoms with Crippen molar-refractivity contribution >= 4 is 28.9 Å². The Hall–Kier alpha value is -2.83. The predicted octanol–water partition coefficient (Wildman–Crippen LogP) is 2.98. The van der Waals surface area contributed by atoms with Crippen molar-refractivity contribution in [2.24, 2.45) is 0 Å². The van der Waals surface area contributed by atoms with Crippen molar-refractivity contribution in [3.8, 4) is 0 Å². The van der Waals surface area contributed by atoms with Crippen LogP contribution in [0, 0.1) is 6.92 Å². The Morgan fingerprint density at radius 3 is 2.74 bits per heavy atom. The minimum absolute atomic E-state index is 0.0120. The molecule has 3 amide bonds. The van der Waals surface area contributed by atoms with Crippen LogP contribution in [0.5, 0.6) is 0 Å². The quantitative estimate of drug-likeness (QED) is 0.787. The molecule has 1 aromatic heterocycles. The van der Waals surface area contributed by atoms with Crippen molar-refractivity contribution < 1.29 is 23.5 Å². The number of urea groups is 1. The number of hydrogen-bond acceptors (Lipinski definition) is 5. The van der Waals surface area contributed by atoms with E-state index in [-0.39, 0.29) is 12.5 Å². The van der Waals surface area contributed by atoms with E-state index in [0.717, 1.165) is 36.6 Å². The molecule has 1 atom stereocenters. The molecule has 1 aromatic carbocycles. The Labute approximate surface area is 157 Å². The number of aryl methyl sites for hydroxylation is 1. The third-order valence-electron chi connectivity index (χ3n) is 4.75. The number of hydrogen-bond donors (Lipinski definition) is 2. The van der Waals surface area contributed by atoms with Gasteiger partial charge in [-0.05, 0) is 38.3 Å². The number of furan rings is 1. The first-order chi connectivity index (χ1) is 12.9. The monoisotopic (exact) mass is 372 g/mol. The maximum Gasteiger partial charge on any atom is 0.321 e. The molecule has 1 heterocycles. The SMILES string of the molecule is Cc1ccc2c(CC(=O)O[C@H](C)C(=O)NC(=O)NC3CCCC3)coc2c1. The van der Waals surface area contributed by atoms with Gasteiger partial charge in [-0.25, -0.2) is 4.79 Å². The Kier molecular flexibility index (Phi) is 5.78. The van der Waals surface area contributed by atoms with Gasteiger partial charge in [-0.2, -0.15) is 0 Å². The number of imide groups is 1. The van der Waals surface area contributed by atoms with Gasteiger partial charge in [-0.15, -0.1) is 0 Å². The molecule has 0 saturated heterocycles. The fraction of sp³-hybridized carbons (Fsp3) is 0.450. The van der Waals surface area contributed by atoms with Gasteiger partial charge in [0.1, 0.15) is 5.58 Å². The third kappa shape index (κ3) is 4.87. The fourth-order valence-electron chi connectivity index (χ4n) is 3.28. The zero-order valence-corrected chi connectivity index (χ0v) is 15.5. The smallest absolute Gasteiger partial charge is 0.321 e. The first-order valence-electron chi connectivity index (χ1n) is 9.20. The number of esters is 1. The highest BCUT2D eigenvalue weighted by Crippen LogP contribution is 2.23. The van der Waals surface area contributed by atoms with E-state index < -0.39 is 24.0 Å². The van der Waals surface area contributed by atoms with E-state index in [1.165, 1.54) is 13.2 Å². The molecule has 2 N–H and O–H groups in total. The summed E-state index contributed by atoms with van der Waals surface area (Å²) < 4.78 is 10.6. The number of carbonyl (C=O) groups excluding carboxylic acids is 3. The average Bonchev–Trinajstić information content (AvgIpc) is 3.24. The molecular formula is C20H24N2O5. The van der Waals surface area contributed by atoms with Crippen LogP contribution >= 0.6 is 0 Å². The van der Waals surface area contributed by atoms with Gasteiger partial charge in [-0.3, -0.25) is 14.9 Å². The lowest BCUT2D eigenvalue weighted by Gasteiger charge is -2.15. The van der Waals surface area contributed by atoms with Gasteiger partial charge in [0.25, 0.3) is 5.91 Å². The molecule has 0 aliphatic heterocycles. The minimum Gasteiger partial charge on any atom is -0.464 e. The van der Waals surface area contributed by atoms with Crippen molar-refractivity contribution in [2.75, 3.05) is 0 Å². The third-order valence-corrected chi connectivity index (χ3v) is 4.75. The summed E-state index contributed by atoms with van der Waals surface area (Å²) >= 11 is 0. The zero-order chi connectivity index (χ0) is 19.4. The first kappa shape index (κ1) is 18.9. The molecule has 1 fully saturated rings. The average molecular weight is 372 g/mol. The number of nitrogens with one attached hydrogen (secondary N) is 2. The van der Waals surface area contributed by atoms with Gasteiger partial charge < -0.3 is 14.5 Å². The summed E-state index contributed by atoms with van der Waals surface area (Å²) in [4.78, 5) is 36.0. The summed E-state index contributed by atoms with van der Waals surface area (Å²) in [5.41, 5.74) is 2.46. The molecule has 3 rings (SSSR count). The maximum absolute atomic E-state index is 12.2. The van der Waals surface area contributed by atoms with Gasteiger partial charge in [0.2, 0.25) is 0 Å². The van der Waals surface area contributed by atoms with Crippen molar-refractivity contribution in [1.29, 1.82) is 0 Å². The molecule has 0 radical (unpaired) electrons. The molecule has 0 bridgehead atoms. The van der Waals surface area contributed by atoms with Crippen LogP contribution < -0.4 is 10.6 Å². The highest BCUT2D eigenvalue weighted by molar-refractivity contribution is 5.97. The summed E-state index contributed by atoms with van der Waals surface area (Å²) in [6, 6.07) is 5.27. The molecule has 0 spiro atoms. The van der Waals surface area contributed by atoms with Crippen molar-refractivity contribution in [2.45, 2.75) is 58.1 Å². The Morgan fingerprint density at radius 2 is 2.00 bits per heavy atom. The van der Waals surface area contributed by atoms with Crippen LogP contribution in [-0.2, 0) is 20.7 Å². The van der Waals surface area contributed by atoms with Gasteiger partial charge in [0, 0.05) is 17.0 Å². The summed E-state index contributed by atoms with van der Waals surface area (Å²) in [7, 11) is 0. The second-order valence-corrected chi connectivity index (χ2v) is 7.01. The molecule has 27 heavy (non-hydrogen) atoms. The largest absolute Gasteiger partial charge is 0.464 e. The van der Waals surface area contributed by atoms with E-state index in [4.69, 9.17) is 9.15 Å². The van der Waals surface area contributed by atoms with Gasteiger partial charge >= 0.3 is 12.0 Å². The fourth-order valence-corrected chi connectivity index (χ4v) is 3.28. The van der Waals surface area contributed by atoms with E-state index in [2.05, 4.69) is 10.6 Å². The Morgan fingerprint density at radius 1 is 1.26 bits per heavy atom. The van der Waals surface area contributed by atoms with Crippen LogP contribution in [0.2, 0.25) is 0 Å². The van der Waals surface area contributed by atoms with Crippen LogP contribution in [0.15, 0.2) is 28.9 Å². The van der Waals surface area contributed by atoms with Crippen LogP contribution in [0.4, 0.5) is 4.79 Å². The maximum atomic E-state index is 12.2. The normalized spacial score (nSPS) is 15.5. The molecule has 1 aliphatic carbocycles. The zero-order valence-electron chi connectivity index (χ0n) is 15.5. The van der Waals surface area contributed by atoms with E-state index in [9.17, 15) is 14.4 Å². The number of carbonyl (C=O) groups is 3. The summed E-state index contributed by atoms with van der Waals surface area (Å²) in [5.74, 6) is -1.20. The second-order valence-electron chi connectivity index (χ2n) is 7.01. The summed E-state index contributed by atoms with van der Waals surface area (Å²) in [6.45, 7) is 3.39. The van der Waals surface area contributed by atoms with Gasteiger partial charge in [0.05, 0.1) is 12.7 Å². The van der Waals surface area contributed by atoms with Crippen molar-refractivity contribution in [3.63, 3.8) is 0 Å². The van der Waals surface area contributed by atoms with Crippen molar-refractivity contribution in [1.82, 2.24) is 10.6 Å². The standard InChI is InChI=1S/C20H24N2O5/c1-12-7-8-16-14(11-26-17(16)9-12)10-18(23)27-13(2)19(24)22-20(25)21-15-5-3-4-6-15/h7-9,11,13,15H,3-6,10H2,1-2H3,(H2,21,22,24,25)/t13-/m1/s1. The number of ether oxygens (including phenoxy) is 1. The Balaban J connectivity index is 1.50. The lowest BCUT2D eigenvalue weighted by Crippen LogP contribution is -2.47. The first-order valence-corrected chi connectivity index (χ1v) is 9.20. The number of fused-ring (bicyclic) bond motifs is 1. The van der Waals surface area contributed by atoms with E-state index >= 15 is 0 Å². The molecule has 1 aliphatic rings. The van der Waals surface area contributed by atoms with Gasteiger partial charge in [0.15, 0.2) is 6.10 Å². The second kappa shape index (κ2) is 8.24. The van der Waals surface area contributed by atoms with Crippen LogP contribution in [-0.4, -0.2) is 30.1 Å². The van der Waals surface area contributed by atoms with Crippen molar-refractivity contribution in [3.05, 3.63) is 35.6 Å². The van der Waals surface area contributed by atoms with E-state index in [0.29, 0.717) is 11.1 Å². The van der Waals surface area contributed by atoms with E-state index in [1.807, 2.05) is 25.1 Å². The minimum atomic E-state index is -1.06. The molecule has 0 unspecified atom stereocenters. The summed E-state index contributed by atoms with van der Waals surface area (Å²) in [6.07, 6.45) is 4.44. The van der Waals surface area contributed by atoms with Crippen LogP contribution in [0.3, 0.4) is 0 Å². The number of rotatable bonds is 5. The highest BCUT2D eigenvalue weighted by Gasteiger charge is 2.23.